The fourth-order valence-electron chi connectivity index (χ4n) is 3.39. The molecule has 6 heteroatoms. The van der Waals surface area contributed by atoms with Crippen molar-refractivity contribution in [3.8, 4) is 11.5 Å². The van der Waals surface area contributed by atoms with E-state index < -0.39 is 0 Å². The van der Waals surface area contributed by atoms with Crippen molar-refractivity contribution in [1.29, 1.82) is 0 Å². The first kappa shape index (κ1) is 14.0. The van der Waals surface area contributed by atoms with Crippen LogP contribution in [0.5, 0.6) is 0 Å². The highest BCUT2D eigenvalue weighted by Crippen LogP contribution is 2.32. The Balaban J connectivity index is 1.51. The van der Waals surface area contributed by atoms with Crippen LogP contribution in [0, 0.1) is 6.92 Å². The molecule has 2 aromatic heterocycles. The number of likely N-dealkylation sites (tertiary alicyclic amines) is 1. The summed E-state index contributed by atoms with van der Waals surface area (Å²) in [7, 11) is 0. The van der Waals surface area contributed by atoms with Crippen molar-refractivity contribution in [3.05, 3.63) is 29.7 Å². The van der Waals surface area contributed by atoms with Gasteiger partial charge in [0, 0.05) is 18.5 Å². The van der Waals surface area contributed by atoms with E-state index in [0.29, 0.717) is 13.2 Å². The SMILES string of the molecule is Cc1ccc(-c2[nH]ncc2CN2CCCC3(C2)OCCO3)o1. The van der Waals surface area contributed by atoms with Gasteiger partial charge in [-0.1, -0.05) is 0 Å². The molecule has 2 saturated heterocycles. The van der Waals surface area contributed by atoms with E-state index in [0.717, 1.165) is 55.3 Å². The molecule has 2 fully saturated rings. The number of nitrogens with zero attached hydrogens (tertiary/aromatic N) is 2. The maximum atomic E-state index is 5.84. The van der Waals surface area contributed by atoms with E-state index in [1.54, 1.807) is 0 Å². The number of aromatic nitrogens is 2. The summed E-state index contributed by atoms with van der Waals surface area (Å²) in [5.74, 6) is 1.36. The minimum atomic E-state index is -0.385. The summed E-state index contributed by atoms with van der Waals surface area (Å²) >= 11 is 0. The van der Waals surface area contributed by atoms with Gasteiger partial charge in [-0.15, -0.1) is 0 Å². The molecular formula is C16H21N3O3. The van der Waals surface area contributed by atoms with Crippen molar-refractivity contribution in [2.24, 2.45) is 0 Å². The van der Waals surface area contributed by atoms with Gasteiger partial charge in [-0.2, -0.15) is 5.10 Å². The van der Waals surface area contributed by atoms with E-state index in [-0.39, 0.29) is 5.79 Å². The zero-order valence-corrected chi connectivity index (χ0v) is 12.8. The fourth-order valence-corrected chi connectivity index (χ4v) is 3.39. The summed E-state index contributed by atoms with van der Waals surface area (Å²) in [6.45, 7) is 6.04. The largest absolute Gasteiger partial charge is 0.460 e. The molecule has 2 aliphatic heterocycles. The first-order valence-electron chi connectivity index (χ1n) is 7.83. The lowest BCUT2D eigenvalue weighted by atomic mass is 10.0. The fraction of sp³-hybridized carbons (Fsp3) is 0.562. The second-order valence-corrected chi connectivity index (χ2v) is 6.10. The monoisotopic (exact) mass is 303 g/mol. The maximum Gasteiger partial charge on any atom is 0.181 e. The number of H-pyrrole nitrogens is 1. The average molecular weight is 303 g/mol. The van der Waals surface area contributed by atoms with Gasteiger partial charge in [0.1, 0.15) is 11.5 Å². The molecule has 2 aliphatic rings. The number of ether oxygens (including phenoxy) is 2. The Hall–Kier alpha value is -1.63. The second kappa shape index (κ2) is 5.53. The Morgan fingerprint density at radius 1 is 1.32 bits per heavy atom. The highest BCUT2D eigenvalue weighted by atomic mass is 16.7. The van der Waals surface area contributed by atoms with E-state index in [1.807, 2.05) is 25.3 Å². The van der Waals surface area contributed by atoms with Crippen LogP contribution in [0.4, 0.5) is 0 Å². The standard InChI is InChI=1S/C16H21N3O3/c1-12-3-4-14(22-12)15-13(9-17-18-15)10-19-6-2-5-16(11-19)20-7-8-21-16/h3-4,9H,2,5-8,10-11H2,1H3,(H,17,18). The highest BCUT2D eigenvalue weighted by Gasteiger charge is 2.40. The number of hydrogen-bond acceptors (Lipinski definition) is 5. The van der Waals surface area contributed by atoms with Crippen molar-refractivity contribution < 1.29 is 13.9 Å². The average Bonchev–Trinajstić information content (AvgIpc) is 3.22. The molecule has 0 saturated carbocycles. The van der Waals surface area contributed by atoms with Gasteiger partial charge in [0.25, 0.3) is 0 Å². The quantitative estimate of drug-likeness (QED) is 0.942. The third-order valence-electron chi connectivity index (χ3n) is 4.41. The van der Waals surface area contributed by atoms with Crippen molar-refractivity contribution in [2.45, 2.75) is 32.1 Å². The molecule has 0 aliphatic carbocycles. The normalized spacial score (nSPS) is 21.7. The van der Waals surface area contributed by atoms with Gasteiger partial charge in [0.2, 0.25) is 0 Å². The topological polar surface area (TPSA) is 63.5 Å². The Morgan fingerprint density at radius 3 is 2.95 bits per heavy atom. The number of hydrogen-bond donors (Lipinski definition) is 1. The van der Waals surface area contributed by atoms with Crippen molar-refractivity contribution in [2.75, 3.05) is 26.3 Å². The molecule has 0 bridgehead atoms. The van der Waals surface area contributed by atoms with Crippen molar-refractivity contribution in [1.82, 2.24) is 15.1 Å². The van der Waals surface area contributed by atoms with Crippen molar-refractivity contribution >= 4 is 0 Å². The van der Waals surface area contributed by atoms with Crippen LogP contribution in [0.3, 0.4) is 0 Å². The van der Waals surface area contributed by atoms with Gasteiger partial charge in [-0.3, -0.25) is 10.00 Å². The van der Waals surface area contributed by atoms with Gasteiger partial charge < -0.3 is 13.9 Å². The smallest absolute Gasteiger partial charge is 0.181 e. The van der Waals surface area contributed by atoms with Gasteiger partial charge in [0.15, 0.2) is 11.5 Å². The second-order valence-electron chi connectivity index (χ2n) is 6.10. The Labute approximate surface area is 129 Å². The van der Waals surface area contributed by atoms with Crippen LogP contribution in [-0.4, -0.2) is 47.2 Å². The molecule has 2 aromatic rings. The summed E-state index contributed by atoms with van der Waals surface area (Å²) in [6, 6.07) is 3.95. The third kappa shape index (κ3) is 2.58. The number of rotatable bonds is 3. The highest BCUT2D eigenvalue weighted by molar-refractivity contribution is 5.56. The van der Waals surface area contributed by atoms with Gasteiger partial charge in [0.05, 0.1) is 26.0 Å². The minimum absolute atomic E-state index is 0.385. The lowest BCUT2D eigenvalue weighted by molar-refractivity contribution is -0.190. The van der Waals surface area contributed by atoms with Crippen LogP contribution in [-0.2, 0) is 16.0 Å². The van der Waals surface area contributed by atoms with Crippen LogP contribution in [0.15, 0.2) is 22.7 Å². The molecule has 0 radical (unpaired) electrons. The zero-order valence-electron chi connectivity index (χ0n) is 12.8. The van der Waals surface area contributed by atoms with E-state index in [1.165, 1.54) is 0 Å². The molecular weight excluding hydrogens is 282 g/mol. The lowest BCUT2D eigenvalue weighted by Gasteiger charge is -2.38. The van der Waals surface area contributed by atoms with E-state index >= 15 is 0 Å². The number of aromatic amines is 1. The summed E-state index contributed by atoms with van der Waals surface area (Å²) in [6.07, 6.45) is 3.96. The number of nitrogens with one attached hydrogen (secondary N) is 1. The molecule has 4 rings (SSSR count). The number of furan rings is 1. The molecule has 1 N–H and O–H groups in total. The summed E-state index contributed by atoms with van der Waals surface area (Å²) in [5, 5.41) is 7.24. The number of piperidine rings is 1. The van der Waals surface area contributed by atoms with Gasteiger partial charge in [-0.05, 0) is 32.0 Å². The third-order valence-corrected chi connectivity index (χ3v) is 4.41. The molecule has 118 valence electrons. The molecule has 6 nitrogen and oxygen atoms in total. The molecule has 22 heavy (non-hydrogen) atoms. The van der Waals surface area contributed by atoms with Crippen LogP contribution in [0.2, 0.25) is 0 Å². The van der Waals surface area contributed by atoms with Crippen molar-refractivity contribution in [3.63, 3.8) is 0 Å². The molecule has 0 unspecified atom stereocenters. The number of aryl methyl sites for hydroxylation is 1. The van der Waals surface area contributed by atoms with Crippen LogP contribution >= 0.6 is 0 Å². The van der Waals surface area contributed by atoms with E-state index in [2.05, 4.69) is 15.1 Å². The predicted molar refractivity (Wildman–Crippen MR) is 80.2 cm³/mol. The maximum absolute atomic E-state index is 5.84. The lowest BCUT2D eigenvalue weighted by Crippen LogP contribution is -2.48. The summed E-state index contributed by atoms with van der Waals surface area (Å²) in [4.78, 5) is 2.37. The zero-order chi connectivity index (χ0) is 15.0. The molecule has 1 spiro atoms. The van der Waals surface area contributed by atoms with Gasteiger partial charge >= 0.3 is 0 Å². The molecule has 0 aromatic carbocycles. The predicted octanol–water partition coefficient (Wildman–Crippen LogP) is 2.32. The minimum Gasteiger partial charge on any atom is -0.460 e. The summed E-state index contributed by atoms with van der Waals surface area (Å²) < 4.78 is 17.4. The van der Waals surface area contributed by atoms with Gasteiger partial charge in [-0.25, -0.2) is 0 Å². The van der Waals surface area contributed by atoms with E-state index in [9.17, 15) is 0 Å². The van der Waals surface area contributed by atoms with E-state index in [4.69, 9.17) is 13.9 Å². The first-order valence-corrected chi connectivity index (χ1v) is 7.83. The molecule has 4 heterocycles. The molecule has 0 atom stereocenters. The molecule has 0 amide bonds. The Bertz CT molecular complexity index is 643. The Kier molecular flexibility index (Phi) is 3.52. The summed E-state index contributed by atoms with van der Waals surface area (Å²) in [5.41, 5.74) is 2.10. The van der Waals surface area contributed by atoms with Crippen LogP contribution < -0.4 is 0 Å². The van der Waals surface area contributed by atoms with Crippen LogP contribution in [0.1, 0.15) is 24.2 Å². The Morgan fingerprint density at radius 2 is 2.18 bits per heavy atom. The van der Waals surface area contributed by atoms with Crippen LogP contribution in [0.25, 0.3) is 11.5 Å². The first-order chi connectivity index (χ1) is 10.7.